The Bertz CT molecular complexity index is 6640. The van der Waals surface area contributed by atoms with E-state index in [2.05, 4.69) is 517 Å². The molecule has 4 heteroatoms. The van der Waals surface area contributed by atoms with E-state index < -0.39 is 5.41 Å². The van der Waals surface area contributed by atoms with Crippen LogP contribution in [0.3, 0.4) is 0 Å². The Kier molecular flexibility index (Phi) is 19.7. The van der Waals surface area contributed by atoms with Crippen molar-refractivity contribution in [1.29, 1.82) is 0 Å². The summed E-state index contributed by atoms with van der Waals surface area (Å²) >= 11 is 0. The molecule has 2 aliphatic rings. The highest BCUT2D eigenvalue weighted by Crippen LogP contribution is 2.63. The molecule has 0 bridgehead atoms. The lowest BCUT2D eigenvalue weighted by molar-refractivity contribution is 0.793. The number of hydrogen-bond donors (Lipinski definition) is 0. The van der Waals surface area contributed by atoms with E-state index in [-0.39, 0.29) is 0 Å². The SMILES string of the molecule is C(=C\c1ccc2c(c1)C1(c3ccccc3-c3ccccc31)c1cc(/C=C/c3ccc(N(c4ccccc4)c4ccc(-c5ccc(N(c6ccccc6)c6ccc(/C=C/c7ccc8cc(/C=C/c9ccc(N(c%10ccccc%10)c%10ccccc%10)cc9)ccc8c7)cc6)cc5)cc4)cc3)ccc1-2)/c1ccc(N(c2ccccc2)c2ccccc2)cc1. The molecule has 0 saturated carbocycles. The lowest BCUT2D eigenvalue weighted by atomic mass is 9.70. The van der Waals surface area contributed by atoms with Crippen LogP contribution in [0.1, 0.15) is 66.8 Å². The average molecular weight is 1520 g/mol. The topological polar surface area (TPSA) is 13.0 Å². The summed E-state index contributed by atoms with van der Waals surface area (Å²) in [5.41, 5.74) is 34.5. The third-order valence-corrected chi connectivity index (χ3v) is 23.2. The van der Waals surface area contributed by atoms with Crippen LogP contribution in [0.2, 0.25) is 0 Å². The first-order chi connectivity index (χ1) is 58.9. The number of rotatable bonds is 21. The highest BCUT2D eigenvalue weighted by atomic mass is 15.2. The largest absolute Gasteiger partial charge is 0.311 e. The molecule has 0 amide bonds. The molecule has 0 atom stereocenters. The highest BCUT2D eigenvalue weighted by Gasteiger charge is 2.51. The minimum absolute atomic E-state index is 0.501. The Morgan fingerprint density at radius 1 is 0.143 bits per heavy atom. The number of anilines is 12. The standard InChI is InChI=1S/C115H82N4/c1-7-23-95(24-8-1)116(96-25-9-2-10-26-96)101-65-49-83(50-66-101)39-43-87-47-59-94-80-88(48-60-93(94)79-87)44-40-84-53-69-103(70-54-84)118(99-31-15-5-16-32-99)105-73-61-91(62-74-105)92-63-75-106(76-64-92)119(100-33-17-6-18-34-100)104-71-55-86(56-72-104)42-46-90-58-78-110-109-77-57-89(81-113(109)115(114(110)82-90)111-37-21-19-35-107(111)108-36-20-22-38-112(108)115)45-41-85-51-67-102(68-52-85)117(97-27-11-3-12-28-97)98-29-13-4-14-30-98/h1-82H/b43-39+,44-40+,45-41+,46-42+. The molecule has 0 saturated heterocycles. The van der Waals surface area contributed by atoms with Crippen LogP contribution < -0.4 is 19.6 Å². The molecular formula is C115H82N4. The molecule has 4 nitrogen and oxygen atoms in total. The molecule has 0 aliphatic heterocycles. The Morgan fingerprint density at radius 2 is 0.336 bits per heavy atom. The van der Waals surface area contributed by atoms with Crippen LogP contribution in [0.25, 0.3) is 92.8 Å². The Labute approximate surface area is 697 Å². The quantitative estimate of drug-likeness (QED) is 0.0665. The minimum atomic E-state index is -0.501. The van der Waals surface area contributed by atoms with Crippen LogP contribution in [0.5, 0.6) is 0 Å². The molecule has 18 aromatic carbocycles. The Balaban J connectivity index is 0.513. The van der Waals surface area contributed by atoms with Gasteiger partial charge in [0.15, 0.2) is 0 Å². The van der Waals surface area contributed by atoms with Crippen LogP contribution in [-0.4, -0.2) is 0 Å². The summed E-state index contributed by atoms with van der Waals surface area (Å²) < 4.78 is 0. The molecule has 0 fully saturated rings. The van der Waals surface area contributed by atoms with Crippen molar-refractivity contribution >= 4 is 128 Å². The summed E-state index contributed by atoms with van der Waals surface area (Å²) in [6.45, 7) is 0. The molecule has 20 rings (SSSR count). The maximum Gasteiger partial charge on any atom is 0.0725 e. The van der Waals surface area contributed by atoms with Crippen LogP contribution in [-0.2, 0) is 5.41 Å². The third-order valence-electron chi connectivity index (χ3n) is 23.2. The molecule has 0 N–H and O–H groups in total. The lowest BCUT2D eigenvalue weighted by Crippen LogP contribution is -2.26. The van der Waals surface area contributed by atoms with E-state index in [4.69, 9.17) is 0 Å². The van der Waals surface area contributed by atoms with Crippen molar-refractivity contribution in [1.82, 2.24) is 0 Å². The fraction of sp³-hybridized carbons (Fsp3) is 0.00870. The van der Waals surface area contributed by atoms with Crippen molar-refractivity contribution in [3.8, 4) is 33.4 Å². The number of fused-ring (bicyclic) bond motifs is 11. The van der Waals surface area contributed by atoms with Gasteiger partial charge in [0.25, 0.3) is 0 Å². The minimum Gasteiger partial charge on any atom is -0.311 e. The molecule has 562 valence electrons. The molecule has 0 aromatic heterocycles. The summed E-state index contributed by atoms with van der Waals surface area (Å²) in [5.74, 6) is 0. The normalized spacial score (nSPS) is 12.3. The first-order valence-electron chi connectivity index (χ1n) is 40.8. The fourth-order valence-electron chi connectivity index (χ4n) is 17.4. The highest BCUT2D eigenvalue weighted by molar-refractivity contribution is 5.97. The summed E-state index contributed by atoms with van der Waals surface area (Å²) in [6, 6.07) is 163. The van der Waals surface area contributed by atoms with Gasteiger partial charge in [0.05, 0.1) is 5.41 Å². The van der Waals surface area contributed by atoms with Crippen molar-refractivity contribution in [2.45, 2.75) is 5.41 Å². The van der Waals surface area contributed by atoms with Gasteiger partial charge in [-0.05, 0) is 281 Å². The van der Waals surface area contributed by atoms with Crippen molar-refractivity contribution in [3.05, 3.63) is 516 Å². The number of para-hydroxylation sites is 6. The van der Waals surface area contributed by atoms with E-state index in [9.17, 15) is 0 Å². The van der Waals surface area contributed by atoms with E-state index in [1.165, 1.54) is 55.3 Å². The first kappa shape index (κ1) is 72.4. The molecule has 2 aliphatic carbocycles. The molecular weight excluding hydrogens is 1440 g/mol. The second-order valence-corrected chi connectivity index (χ2v) is 30.5. The first-order valence-corrected chi connectivity index (χ1v) is 40.8. The molecule has 119 heavy (non-hydrogen) atoms. The van der Waals surface area contributed by atoms with Gasteiger partial charge >= 0.3 is 0 Å². The summed E-state index contributed by atoms with van der Waals surface area (Å²) in [4.78, 5) is 9.25. The van der Waals surface area contributed by atoms with Gasteiger partial charge in [0, 0.05) is 68.2 Å². The second kappa shape index (κ2) is 32.3. The zero-order chi connectivity index (χ0) is 79.3. The monoisotopic (exact) mass is 1520 g/mol. The Morgan fingerprint density at radius 3 is 0.605 bits per heavy atom. The van der Waals surface area contributed by atoms with Gasteiger partial charge in [-0.1, -0.05) is 328 Å². The molecule has 18 aromatic rings. The summed E-state index contributed by atoms with van der Waals surface area (Å²) in [5, 5.41) is 2.41. The molecule has 0 radical (unpaired) electrons. The van der Waals surface area contributed by atoms with E-state index in [0.29, 0.717) is 0 Å². The molecule has 0 heterocycles. The molecule has 0 unspecified atom stereocenters. The zero-order valence-corrected chi connectivity index (χ0v) is 65.6. The van der Waals surface area contributed by atoms with Crippen LogP contribution in [0.15, 0.2) is 449 Å². The van der Waals surface area contributed by atoms with E-state index in [1.54, 1.807) is 0 Å². The second-order valence-electron chi connectivity index (χ2n) is 30.5. The summed E-state index contributed by atoms with van der Waals surface area (Å²) in [6.07, 6.45) is 17.8. The lowest BCUT2D eigenvalue weighted by Gasteiger charge is -2.30. The van der Waals surface area contributed by atoms with Crippen molar-refractivity contribution in [3.63, 3.8) is 0 Å². The maximum atomic E-state index is 2.45. The summed E-state index contributed by atoms with van der Waals surface area (Å²) in [7, 11) is 0. The smallest absolute Gasteiger partial charge is 0.0725 e. The number of hydrogen-bond acceptors (Lipinski definition) is 4. The molecule has 1 spiro atoms. The van der Waals surface area contributed by atoms with Gasteiger partial charge < -0.3 is 19.6 Å². The number of benzene rings is 18. The van der Waals surface area contributed by atoms with Crippen molar-refractivity contribution < 1.29 is 0 Å². The predicted octanol–water partition coefficient (Wildman–Crippen LogP) is 31.4. The zero-order valence-electron chi connectivity index (χ0n) is 65.6. The van der Waals surface area contributed by atoms with E-state index in [0.717, 1.165) is 124 Å². The van der Waals surface area contributed by atoms with Crippen molar-refractivity contribution in [2.24, 2.45) is 0 Å². The van der Waals surface area contributed by atoms with Gasteiger partial charge in [0.2, 0.25) is 0 Å². The van der Waals surface area contributed by atoms with E-state index in [1.807, 2.05) is 0 Å². The van der Waals surface area contributed by atoms with Crippen LogP contribution in [0.4, 0.5) is 68.2 Å². The Hall–Kier alpha value is -15.6. The van der Waals surface area contributed by atoms with Crippen molar-refractivity contribution in [2.75, 3.05) is 19.6 Å². The van der Waals surface area contributed by atoms with Crippen LogP contribution in [0, 0.1) is 0 Å². The van der Waals surface area contributed by atoms with Gasteiger partial charge in [-0.15, -0.1) is 0 Å². The van der Waals surface area contributed by atoms with E-state index >= 15 is 0 Å². The van der Waals surface area contributed by atoms with Gasteiger partial charge in [-0.25, -0.2) is 0 Å². The number of nitrogens with zero attached hydrogens (tertiary/aromatic N) is 4. The predicted molar refractivity (Wildman–Crippen MR) is 506 cm³/mol. The van der Waals surface area contributed by atoms with Gasteiger partial charge in [-0.3, -0.25) is 0 Å². The third kappa shape index (κ3) is 14.5. The average Bonchev–Trinajstić information content (AvgIpc) is 1.51. The fourth-order valence-corrected chi connectivity index (χ4v) is 17.4. The van der Waals surface area contributed by atoms with Gasteiger partial charge in [-0.2, -0.15) is 0 Å². The van der Waals surface area contributed by atoms with Gasteiger partial charge in [0.1, 0.15) is 0 Å². The maximum absolute atomic E-state index is 2.45. The van der Waals surface area contributed by atoms with Crippen LogP contribution >= 0.6 is 0 Å².